The van der Waals surface area contributed by atoms with Crippen molar-refractivity contribution in [1.82, 2.24) is 5.16 Å². The molecular formula is C20H21NO5. The zero-order valence-electron chi connectivity index (χ0n) is 15.2. The van der Waals surface area contributed by atoms with Crippen molar-refractivity contribution in [2.75, 3.05) is 21.3 Å². The Bertz CT molecular complexity index is 899. The molecule has 6 nitrogen and oxygen atoms in total. The van der Waals surface area contributed by atoms with Crippen molar-refractivity contribution >= 4 is 0 Å². The fraction of sp³-hybridized carbons (Fsp3) is 0.250. The molecule has 3 rings (SSSR count). The van der Waals surface area contributed by atoms with E-state index in [1.54, 1.807) is 20.4 Å². The predicted molar refractivity (Wildman–Crippen MR) is 98.1 cm³/mol. The second-order valence-electron chi connectivity index (χ2n) is 5.65. The predicted octanol–water partition coefficient (Wildman–Crippen LogP) is 4.30. The lowest BCUT2D eigenvalue weighted by Gasteiger charge is -2.16. The molecule has 0 fully saturated rings. The van der Waals surface area contributed by atoms with E-state index in [0.717, 1.165) is 22.4 Å². The maximum atomic E-state index is 10.7. The molecule has 3 aromatic rings. The van der Waals surface area contributed by atoms with Gasteiger partial charge in [-0.1, -0.05) is 24.2 Å². The molecular weight excluding hydrogens is 334 g/mol. The first-order valence-electron chi connectivity index (χ1n) is 8.20. The summed E-state index contributed by atoms with van der Waals surface area (Å²) in [4.78, 5) is 0. The van der Waals surface area contributed by atoms with Crippen LogP contribution in [0.25, 0.3) is 22.5 Å². The minimum atomic E-state index is -0.0481. The van der Waals surface area contributed by atoms with E-state index in [0.29, 0.717) is 23.5 Å². The topological polar surface area (TPSA) is 74.0 Å². The van der Waals surface area contributed by atoms with Gasteiger partial charge in [-0.05, 0) is 35.7 Å². The van der Waals surface area contributed by atoms with Crippen molar-refractivity contribution in [1.29, 1.82) is 0 Å². The number of hydrogen-bond acceptors (Lipinski definition) is 6. The van der Waals surface area contributed by atoms with E-state index in [1.165, 1.54) is 7.11 Å². The average molecular weight is 355 g/mol. The minimum Gasteiger partial charge on any atom is -0.504 e. The van der Waals surface area contributed by atoms with Gasteiger partial charge < -0.3 is 23.8 Å². The highest BCUT2D eigenvalue weighted by Crippen LogP contribution is 2.48. The number of phenols is 1. The Balaban J connectivity index is 2.17. The van der Waals surface area contributed by atoms with Gasteiger partial charge in [-0.2, -0.15) is 0 Å². The Morgan fingerprint density at radius 3 is 2.23 bits per heavy atom. The molecule has 0 aliphatic carbocycles. The number of hydrogen-bond donors (Lipinski definition) is 1. The van der Waals surface area contributed by atoms with Crippen LogP contribution in [0.1, 0.15) is 12.5 Å². The number of rotatable bonds is 6. The number of methoxy groups -OCH3 is 3. The van der Waals surface area contributed by atoms with Gasteiger partial charge in [0.1, 0.15) is 5.75 Å². The summed E-state index contributed by atoms with van der Waals surface area (Å²) in [6.07, 6.45) is 2.33. The molecule has 0 aliphatic heterocycles. The maximum absolute atomic E-state index is 10.7. The van der Waals surface area contributed by atoms with Gasteiger partial charge >= 0.3 is 0 Å². The fourth-order valence-electron chi connectivity index (χ4n) is 2.94. The molecule has 1 aromatic heterocycles. The highest BCUT2D eigenvalue weighted by atomic mass is 16.5. The molecule has 136 valence electrons. The summed E-state index contributed by atoms with van der Waals surface area (Å²) >= 11 is 0. The Morgan fingerprint density at radius 2 is 1.65 bits per heavy atom. The molecule has 1 heterocycles. The zero-order valence-corrected chi connectivity index (χ0v) is 15.2. The van der Waals surface area contributed by atoms with Crippen LogP contribution in [-0.2, 0) is 6.42 Å². The summed E-state index contributed by atoms with van der Waals surface area (Å²) < 4.78 is 21.5. The van der Waals surface area contributed by atoms with Crippen LogP contribution in [0.3, 0.4) is 0 Å². The number of ether oxygens (including phenoxy) is 3. The largest absolute Gasteiger partial charge is 0.504 e. The molecule has 2 aromatic carbocycles. The maximum Gasteiger partial charge on any atom is 0.204 e. The highest BCUT2D eigenvalue weighted by Gasteiger charge is 2.24. The number of phenolic OH excluding ortho intramolecular Hbond substituents is 1. The van der Waals surface area contributed by atoms with E-state index >= 15 is 0 Å². The quantitative estimate of drug-likeness (QED) is 0.710. The van der Waals surface area contributed by atoms with Crippen molar-refractivity contribution < 1.29 is 23.8 Å². The standard InChI is InChI=1S/C20H21NO5/c1-5-12-10-15(17(22)20(25-4)18(12)24-3)19-16(11-21-26-19)13-6-8-14(23-2)9-7-13/h6-11,22H,5H2,1-4H3. The van der Waals surface area contributed by atoms with Crippen LogP contribution in [-0.4, -0.2) is 31.6 Å². The van der Waals surface area contributed by atoms with Crippen LogP contribution >= 0.6 is 0 Å². The molecule has 0 saturated heterocycles. The summed E-state index contributed by atoms with van der Waals surface area (Å²) in [5.41, 5.74) is 3.06. The van der Waals surface area contributed by atoms with E-state index in [9.17, 15) is 5.11 Å². The first-order chi connectivity index (χ1) is 12.6. The Kier molecular flexibility index (Phi) is 5.02. The Labute approximate surface area is 151 Å². The number of benzene rings is 2. The molecule has 0 amide bonds. The van der Waals surface area contributed by atoms with E-state index < -0.39 is 0 Å². The minimum absolute atomic E-state index is 0.0481. The number of aromatic nitrogens is 1. The van der Waals surface area contributed by atoms with Gasteiger partial charge in [-0.25, -0.2) is 0 Å². The van der Waals surface area contributed by atoms with Crippen LogP contribution in [0.15, 0.2) is 41.1 Å². The lowest BCUT2D eigenvalue weighted by molar-refractivity contribution is 0.330. The third-order valence-electron chi connectivity index (χ3n) is 4.29. The number of nitrogens with zero attached hydrogens (tertiary/aromatic N) is 1. The lowest BCUT2D eigenvalue weighted by atomic mass is 9.98. The normalized spacial score (nSPS) is 10.6. The van der Waals surface area contributed by atoms with E-state index in [2.05, 4.69) is 5.16 Å². The third kappa shape index (κ3) is 2.94. The zero-order chi connectivity index (χ0) is 18.7. The summed E-state index contributed by atoms with van der Waals surface area (Å²) in [5, 5.41) is 14.7. The molecule has 0 saturated carbocycles. The molecule has 0 radical (unpaired) electrons. The first-order valence-corrected chi connectivity index (χ1v) is 8.20. The van der Waals surface area contributed by atoms with Gasteiger partial charge in [0, 0.05) is 5.56 Å². The second-order valence-corrected chi connectivity index (χ2v) is 5.65. The molecule has 6 heteroatoms. The van der Waals surface area contributed by atoms with Crippen molar-refractivity contribution in [2.24, 2.45) is 0 Å². The Morgan fingerprint density at radius 1 is 0.962 bits per heavy atom. The fourth-order valence-corrected chi connectivity index (χ4v) is 2.94. The van der Waals surface area contributed by atoms with Crippen molar-refractivity contribution in [3.8, 4) is 45.4 Å². The summed E-state index contributed by atoms with van der Waals surface area (Å²) in [6.45, 7) is 2.00. The van der Waals surface area contributed by atoms with E-state index in [4.69, 9.17) is 18.7 Å². The Hall–Kier alpha value is -3.15. The van der Waals surface area contributed by atoms with Gasteiger partial charge in [-0.3, -0.25) is 0 Å². The van der Waals surface area contributed by atoms with E-state index in [-0.39, 0.29) is 11.5 Å². The van der Waals surface area contributed by atoms with Crippen LogP contribution in [0.2, 0.25) is 0 Å². The van der Waals surface area contributed by atoms with Crippen molar-refractivity contribution in [2.45, 2.75) is 13.3 Å². The summed E-state index contributed by atoms with van der Waals surface area (Å²) in [5.74, 6) is 1.96. The van der Waals surface area contributed by atoms with Crippen LogP contribution in [0.5, 0.6) is 23.0 Å². The number of aryl methyl sites for hydroxylation is 1. The summed E-state index contributed by atoms with van der Waals surface area (Å²) in [7, 11) is 4.66. The first kappa shape index (κ1) is 17.7. The van der Waals surface area contributed by atoms with Gasteiger partial charge in [0.05, 0.1) is 33.1 Å². The molecule has 0 bridgehead atoms. The third-order valence-corrected chi connectivity index (χ3v) is 4.29. The number of aromatic hydroxyl groups is 1. The van der Waals surface area contributed by atoms with E-state index in [1.807, 2.05) is 37.3 Å². The van der Waals surface area contributed by atoms with Gasteiger partial charge in [0.15, 0.2) is 17.3 Å². The van der Waals surface area contributed by atoms with Crippen LogP contribution < -0.4 is 14.2 Å². The summed E-state index contributed by atoms with van der Waals surface area (Å²) in [6, 6.07) is 9.38. The smallest absolute Gasteiger partial charge is 0.204 e. The van der Waals surface area contributed by atoms with Gasteiger partial charge in [0.25, 0.3) is 0 Å². The molecule has 26 heavy (non-hydrogen) atoms. The average Bonchev–Trinajstić information content (AvgIpc) is 3.17. The monoisotopic (exact) mass is 355 g/mol. The molecule has 1 N–H and O–H groups in total. The van der Waals surface area contributed by atoms with Gasteiger partial charge in [-0.15, -0.1) is 0 Å². The molecule has 0 unspecified atom stereocenters. The van der Waals surface area contributed by atoms with Gasteiger partial charge in [0.2, 0.25) is 5.75 Å². The van der Waals surface area contributed by atoms with Crippen molar-refractivity contribution in [3.05, 3.63) is 42.1 Å². The second kappa shape index (κ2) is 7.39. The molecule has 0 spiro atoms. The van der Waals surface area contributed by atoms with Crippen LogP contribution in [0, 0.1) is 0 Å². The lowest BCUT2D eigenvalue weighted by Crippen LogP contribution is -1.97. The van der Waals surface area contributed by atoms with Crippen molar-refractivity contribution in [3.63, 3.8) is 0 Å². The highest BCUT2D eigenvalue weighted by molar-refractivity contribution is 5.84. The molecule has 0 aliphatic rings. The SMILES string of the molecule is CCc1cc(-c2oncc2-c2ccc(OC)cc2)c(O)c(OC)c1OC. The molecule has 0 atom stereocenters. The van der Waals surface area contributed by atoms with Crippen LogP contribution in [0.4, 0.5) is 0 Å².